The predicted octanol–water partition coefficient (Wildman–Crippen LogP) is 4.62. The number of esters is 1. The van der Waals surface area contributed by atoms with Gasteiger partial charge in [-0.1, -0.05) is 17.7 Å². The van der Waals surface area contributed by atoms with Crippen LogP contribution in [0.5, 0.6) is 5.75 Å². The lowest BCUT2D eigenvalue weighted by atomic mass is 9.95. The van der Waals surface area contributed by atoms with Gasteiger partial charge in [-0.15, -0.1) is 0 Å². The number of methoxy groups -OCH3 is 2. The number of hydrogen-bond acceptors (Lipinski definition) is 4. The maximum absolute atomic E-state index is 12.1. The lowest BCUT2D eigenvalue weighted by Gasteiger charge is -2.14. The summed E-state index contributed by atoms with van der Waals surface area (Å²) < 4.78 is 10.4. The molecule has 1 aliphatic rings. The Bertz CT molecular complexity index is 814. The van der Waals surface area contributed by atoms with Gasteiger partial charge < -0.3 is 9.47 Å². The van der Waals surface area contributed by atoms with Crippen molar-refractivity contribution in [1.82, 2.24) is 4.98 Å². The molecule has 0 spiro atoms. The van der Waals surface area contributed by atoms with E-state index in [0.717, 1.165) is 47.3 Å². The number of aromatic nitrogens is 1. The number of halogens is 1. The normalized spacial score (nSPS) is 14.0. The van der Waals surface area contributed by atoms with Crippen LogP contribution in [0.3, 0.4) is 0 Å². The Hall–Kier alpha value is -2.33. The molecule has 0 unspecified atom stereocenters. The lowest BCUT2D eigenvalue weighted by molar-refractivity contribution is 0.0593. The van der Waals surface area contributed by atoms with Crippen molar-refractivity contribution in [2.45, 2.75) is 19.3 Å². The van der Waals surface area contributed by atoms with Crippen molar-refractivity contribution in [2.24, 2.45) is 0 Å². The van der Waals surface area contributed by atoms with Crippen LogP contribution in [-0.2, 0) is 4.74 Å². The van der Waals surface area contributed by atoms with Crippen LogP contribution in [0.15, 0.2) is 36.5 Å². The molecule has 5 heteroatoms. The predicted molar refractivity (Wildman–Crippen MR) is 94.2 cm³/mol. The number of nitrogens with zero attached hydrogens (tertiary/aromatic N) is 1. The van der Waals surface area contributed by atoms with Crippen LogP contribution in [0.1, 0.15) is 40.9 Å². The summed E-state index contributed by atoms with van der Waals surface area (Å²) in [4.78, 5) is 16.3. The largest absolute Gasteiger partial charge is 0.496 e. The van der Waals surface area contributed by atoms with E-state index in [9.17, 15) is 4.79 Å². The Balaban J connectivity index is 2.19. The minimum Gasteiger partial charge on any atom is -0.496 e. The third-order valence-corrected chi connectivity index (χ3v) is 4.45. The molecule has 1 aromatic heterocycles. The minimum absolute atomic E-state index is 0.343. The van der Waals surface area contributed by atoms with E-state index in [0.29, 0.717) is 10.7 Å². The van der Waals surface area contributed by atoms with Gasteiger partial charge in [-0.05, 0) is 54.7 Å². The van der Waals surface area contributed by atoms with Gasteiger partial charge in [0.25, 0.3) is 0 Å². The van der Waals surface area contributed by atoms with Gasteiger partial charge in [0.1, 0.15) is 5.75 Å². The number of hydrogen-bond donors (Lipinski definition) is 0. The molecule has 0 saturated carbocycles. The second-order valence-electron chi connectivity index (χ2n) is 5.55. The SMILES string of the molecule is COC(=O)c1ncccc1C1=C(c2cc(Cl)ccc2OC)CCC1. The van der Waals surface area contributed by atoms with Gasteiger partial charge in [0.05, 0.1) is 14.2 Å². The molecule has 24 heavy (non-hydrogen) atoms. The first-order valence-electron chi connectivity index (χ1n) is 7.75. The zero-order valence-corrected chi connectivity index (χ0v) is 14.4. The quantitative estimate of drug-likeness (QED) is 0.760. The fourth-order valence-corrected chi connectivity index (χ4v) is 3.33. The van der Waals surface area contributed by atoms with E-state index in [4.69, 9.17) is 21.1 Å². The first-order valence-corrected chi connectivity index (χ1v) is 8.13. The van der Waals surface area contributed by atoms with E-state index >= 15 is 0 Å². The maximum atomic E-state index is 12.1. The molecule has 0 saturated heterocycles. The van der Waals surface area contributed by atoms with Gasteiger partial charge in [0.15, 0.2) is 5.69 Å². The molecular weight excluding hydrogens is 326 g/mol. The number of benzene rings is 1. The van der Waals surface area contributed by atoms with E-state index in [2.05, 4.69) is 4.98 Å². The highest BCUT2D eigenvalue weighted by molar-refractivity contribution is 6.30. The van der Waals surface area contributed by atoms with Crippen LogP contribution in [0.25, 0.3) is 11.1 Å². The highest BCUT2D eigenvalue weighted by Gasteiger charge is 2.24. The van der Waals surface area contributed by atoms with E-state index in [1.54, 1.807) is 13.3 Å². The van der Waals surface area contributed by atoms with Crippen LogP contribution in [0, 0.1) is 0 Å². The molecule has 0 aliphatic heterocycles. The van der Waals surface area contributed by atoms with Crippen LogP contribution >= 0.6 is 11.6 Å². The second-order valence-corrected chi connectivity index (χ2v) is 5.98. The molecule has 1 aliphatic carbocycles. The van der Waals surface area contributed by atoms with Crippen molar-refractivity contribution in [3.05, 3.63) is 58.4 Å². The van der Waals surface area contributed by atoms with Crippen molar-refractivity contribution in [2.75, 3.05) is 14.2 Å². The number of carbonyl (C=O) groups excluding carboxylic acids is 1. The Morgan fingerprint density at radius 2 is 1.88 bits per heavy atom. The number of carbonyl (C=O) groups is 1. The lowest BCUT2D eigenvalue weighted by Crippen LogP contribution is -2.08. The number of rotatable bonds is 4. The van der Waals surface area contributed by atoms with E-state index < -0.39 is 5.97 Å². The van der Waals surface area contributed by atoms with E-state index in [-0.39, 0.29) is 0 Å². The molecule has 0 amide bonds. The molecule has 0 fully saturated rings. The third-order valence-electron chi connectivity index (χ3n) is 4.22. The molecule has 0 radical (unpaired) electrons. The smallest absolute Gasteiger partial charge is 0.357 e. The average Bonchev–Trinajstić information content (AvgIpc) is 3.10. The van der Waals surface area contributed by atoms with E-state index in [1.807, 2.05) is 30.3 Å². The second kappa shape index (κ2) is 7.05. The fourth-order valence-electron chi connectivity index (χ4n) is 3.16. The van der Waals surface area contributed by atoms with Crippen LogP contribution in [0.4, 0.5) is 0 Å². The van der Waals surface area contributed by atoms with Crippen LogP contribution in [0.2, 0.25) is 5.02 Å². The highest BCUT2D eigenvalue weighted by Crippen LogP contribution is 2.44. The molecule has 4 nitrogen and oxygen atoms in total. The fraction of sp³-hybridized carbons (Fsp3) is 0.263. The summed E-state index contributed by atoms with van der Waals surface area (Å²) in [5.41, 5.74) is 4.38. The monoisotopic (exact) mass is 343 g/mol. The van der Waals surface area contributed by atoms with Crippen molar-refractivity contribution in [1.29, 1.82) is 0 Å². The summed E-state index contributed by atoms with van der Waals surface area (Å²) in [6, 6.07) is 9.33. The molecule has 0 N–H and O–H groups in total. The summed E-state index contributed by atoms with van der Waals surface area (Å²) in [6.07, 6.45) is 4.39. The Morgan fingerprint density at radius 1 is 1.12 bits per heavy atom. The summed E-state index contributed by atoms with van der Waals surface area (Å²) in [5, 5.41) is 0.656. The molecule has 1 heterocycles. The molecule has 1 aromatic carbocycles. The zero-order valence-electron chi connectivity index (χ0n) is 13.6. The standard InChI is InChI=1S/C19H18ClNO3/c1-23-17-9-8-12(20)11-16(17)14-6-3-5-13(14)15-7-4-10-21-18(15)19(22)24-2/h4,7-11H,3,5-6H2,1-2H3. The first kappa shape index (κ1) is 16.5. The third kappa shape index (κ3) is 3.02. The summed E-state index contributed by atoms with van der Waals surface area (Å²) in [5.74, 6) is 0.347. The van der Waals surface area contributed by atoms with Gasteiger partial charge in [-0.3, -0.25) is 0 Å². The molecule has 0 bridgehead atoms. The van der Waals surface area contributed by atoms with Crippen molar-refractivity contribution >= 4 is 28.7 Å². The molecule has 0 atom stereocenters. The minimum atomic E-state index is -0.428. The maximum Gasteiger partial charge on any atom is 0.357 e. The summed E-state index contributed by atoms with van der Waals surface area (Å²) in [7, 11) is 3.01. The number of ether oxygens (including phenoxy) is 2. The molecule has 2 aromatic rings. The van der Waals surface area contributed by atoms with Gasteiger partial charge in [-0.2, -0.15) is 0 Å². The molecular formula is C19H18ClNO3. The van der Waals surface area contributed by atoms with Gasteiger partial charge in [0, 0.05) is 22.3 Å². The van der Waals surface area contributed by atoms with Crippen LogP contribution < -0.4 is 4.74 Å². The number of pyridine rings is 1. The molecule has 124 valence electrons. The van der Waals surface area contributed by atoms with Crippen molar-refractivity contribution < 1.29 is 14.3 Å². The topological polar surface area (TPSA) is 48.4 Å². The Morgan fingerprint density at radius 3 is 2.58 bits per heavy atom. The van der Waals surface area contributed by atoms with Crippen LogP contribution in [-0.4, -0.2) is 25.2 Å². The van der Waals surface area contributed by atoms with Gasteiger partial charge in [0.2, 0.25) is 0 Å². The first-order chi connectivity index (χ1) is 11.7. The summed E-state index contributed by atoms with van der Waals surface area (Å²) in [6.45, 7) is 0. The van der Waals surface area contributed by atoms with Gasteiger partial charge >= 0.3 is 5.97 Å². The van der Waals surface area contributed by atoms with Gasteiger partial charge in [-0.25, -0.2) is 9.78 Å². The zero-order chi connectivity index (χ0) is 17.1. The molecule has 3 rings (SSSR count). The van der Waals surface area contributed by atoms with E-state index in [1.165, 1.54) is 7.11 Å². The van der Waals surface area contributed by atoms with Crippen molar-refractivity contribution in [3.8, 4) is 5.75 Å². The average molecular weight is 344 g/mol. The van der Waals surface area contributed by atoms with Crippen molar-refractivity contribution in [3.63, 3.8) is 0 Å². The highest BCUT2D eigenvalue weighted by atomic mass is 35.5. The Labute approximate surface area is 146 Å². The number of allylic oxidation sites excluding steroid dienone is 2. The Kier molecular flexibility index (Phi) is 4.86. The summed E-state index contributed by atoms with van der Waals surface area (Å²) >= 11 is 6.19.